The van der Waals surface area contributed by atoms with E-state index < -0.39 is 20.7 Å². The SMILES string of the molecule is CCN(CCC#N)S(=O)(=O)c1cc(N)ccc1F. The zero-order valence-electron chi connectivity index (χ0n) is 9.93. The Morgan fingerprint density at radius 1 is 1.50 bits per heavy atom. The van der Waals surface area contributed by atoms with E-state index in [1.54, 1.807) is 6.92 Å². The molecule has 1 aromatic rings. The lowest BCUT2D eigenvalue weighted by atomic mass is 10.3. The molecule has 0 aliphatic carbocycles. The maximum Gasteiger partial charge on any atom is 0.246 e. The van der Waals surface area contributed by atoms with Crippen molar-refractivity contribution in [3.05, 3.63) is 24.0 Å². The van der Waals surface area contributed by atoms with Crippen molar-refractivity contribution in [2.24, 2.45) is 0 Å². The highest BCUT2D eigenvalue weighted by Gasteiger charge is 2.26. The molecule has 7 heteroatoms. The highest BCUT2D eigenvalue weighted by Crippen LogP contribution is 2.21. The number of benzene rings is 1. The van der Waals surface area contributed by atoms with E-state index in [0.29, 0.717) is 0 Å². The standard InChI is InChI=1S/C11H14FN3O2S/c1-2-15(7-3-6-13)18(16,17)11-8-9(14)4-5-10(11)12/h4-5,8H,2-3,7,14H2,1H3. The molecule has 0 heterocycles. The van der Waals surface area contributed by atoms with E-state index in [1.165, 1.54) is 6.07 Å². The molecule has 0 aromatic heterocycles. The van der Waals surface area contributed by atoms with Gasteiger partial charge in [-0.05, 0) is 18.2 Å². The largest absolute Gasteiger partial charge is 0.399 e. The summed E-state index contributed by atoms with van der Waals surface area (Å²) in [5.74, 6) is -0.848. The van der Waals surface area contributed by atoms with E-state index in [1.807, 2.05) is 6.07 Å². The van der Waals surface area contributed by atoms with Crippen LogP contribution in [0.3, 0.4) is 0 Å². The summed E-state index contributed by atoms with van der Waals surface area (Å²) in [7, 11) is -3.95. The summed E-state index contributed by atoms with van der Waals surface area (Å²) in [6.45, 7) is 1.82. The van der Waals surface area contributed by atoms with E-state index in [4.69, 9.17) is 11.0 Å². The molecule has 0 saturated heterocycles. The van der Waals surface area contributed by atoms with Gasteiger partial charge in [0.25, 0.3) is 0 Å². The lowest BCUT2D eigenvalue weighted by Crippen LogP contribution is -2.32. The first-order chi connectivity index (χ1) is 8.43. The van der Waals surface area contributed by atoms with Crippen LogP contribution in [0.1, 0.15) is 13.3 Å². The highest BCUT2D eigenvalue weighted by atomic mass is 32.2. The number of nitrogens with zero attached hydrogens (tertiary/aromatic N) is 2. The van der Waals surface area contributed by atoms with E-state index >= 15 is 0 Å². The van der Waals surface area contributed by atoms with Crippen molar-refractivity contribution >= 4 is 15.7 Å². The summed E-state index contributed by atoms with van der Waals surface area (Å²) < 4.78 is 38.9. The number of nitrogens with two attached hydrogens (primary N) is 1. The molecule has 0 radical (unpaired) electrons. The van der Waals surface area contributed by atoms with Gasteiger partial charge in [0.2, 0.25) is 10.0 Å². The minimum absolute atomic E-state index is 0.0313. The van der Waals surface area contributed by atoms with Crippen LogP contribution in [0.15, 0.2) is 23.1 Å². The number of halogens is 1. The average Bonchev–Trinajstić information content (AvgIpc) is 2.33. The van der Waals surface area contributed by atoms with Gasteiger partial charge in [-0.15, -0.1) is 0 Å². The van der Waals surface area contributed by atoms with E-state index in [2.05, 4.69) is 0 Å². The van der Waals surface area contributed by atoms with E-state index in [-0.39, 0.29) is 25.2 Å². The quantitative estimate of drug-likeness (QED) is 0.818. The van der Waals surface area contributed by atoms with Gasteiger partial charge in [-0.1, -0.05) is 6.92 Å². The van der Waals surface area contributed by atoms with Gasteiger partial charge in [0.05, 0.1) is 6.07 Å². The number of nitriles is 1. The second-order valence-electron chi connectivity index (χ2n) is 3.59. The van der Waals surface area contributed by atoms with Crippen LogP contribution in [0.25, 0.3) is 0 Å². The van der Waals surface area contributed by atoms with Gasteiger partial charge in [-0.2, -0.15) is 9.57 Å². The van der Waals surface area contributed by atoms with Crippen LogP contribution in [0, 0.1) is 17.1 Å². The van der Waals surface area contributed by atoms with Crippen LogP contribution < -0.4 is 5.73 Å². The Balaban J connectivity index is 3.19. The fourth-order valence-corrected chi connectivity index (χ4v) is 3.03. The smallest absolute Gasteiger partial charge is 0.246 e. The molecule has 0 amide bonds. The molecular formula is C11H14FN3O2S. The summed E-state index contributed by atoms with van der Waals surface area (Å²) in [5.41, 5.74) is 5.64. The van der Waals surface area contributed by atoms with Crippen molar-refractivity contribution in [3.8, 4) is 6.07 Å². The van der Waals surface area contributed by atoms with Crippen molar-refractivity contribution in [1.29, 1.82) is 5.26 Å². The summed E-state index contributed by atoms with van der Waals surface area (Å²) in [5, 5.41) is 8.48. The molecule has 0 fully saturated rings. The zero-order chi connectivity index (χ0) is 13.8. The van der Waals surface area contributed by atoms with Gasteiger partial charge in [0.15, 0.2) is 0 Å². The second-order valence-corrected chi connectivity index (χ2v) is 5.50. The molecule has 0 atom stereocenters. The van der Waals surface area contributed by atoms with Crippen molar-refractivity contribution in [2.75, 3.05) is 18.8 Å². The molecule has 1 rings (SSSR count). The van der Waals surface area contributed by atoms with Crippen molar-refractivity contribution < 1.29 is 12.8 Å². The van der Waals surface area contributed by atoms with Crippen LogP contribution >= 0.6 is 0 Å². The van der Waals surface area contributed by atoms with Crippen LogP contribution in [0.4, 0.5) is 10.1 Å². The van der Waals surface area contributed by atoms with Crippen LogP contribution in [0.2, 0.25) is 0 Å². The van der Waals surface area contributed by atoms with Gasteiger partial charge in [-0.3, -0.25) is 0 Å². The van der Waals surface area contributed by atoms with Gasteiger partial charge in [-0.25, -0.2) is 12.8 Å². The lowest BCUT2D eigenvalue weighted by molar-refractivity contribution is 0.430. The minimum atomic E-state index is -3.95. The number of hydrogen-bond donors (Lipinski definition) is 1. The first kappa shape index (κ1) is 14.4. The Morgan fingerprint density at radius 2 is 2.17 bits per heavy atom. The normalized spacial score (nSPS) is 11.4. The highest BCUT2D eigenvalue weighted by molar-refractivity contribution is 7.89. The zero-order valence-corrected chi connectivity index (χ0v) is 10.7. The number of sulfonamides is 1. The monoisotopic (exact) mass is 271 g/mol. The number of hydrogen-bond acceptors (Lipinski definition) is 4. The van der Waals surface area contributed by atoms with Crippen LogP contribution in [-0.2, 0) is 10.0 Å². The minimum Gasteiger partial charge on any atom is -0.399 e. The third-order valence-electron chi connectivity index (χ3n) is 2.40. The molecule has 2 N–H and O–H groups in total. The molecule has 0 bridgehead atoms. The third-order valence-corrected chi connectivity index (χ3v) is 4.39. The molecule has 5 nitrogen and oxygen atoms in total. The first-order valence-corrected chi connectivity index (χ1v) is 6.79. The maximum absolute atomic E-state index is 13.6. The maximum atomic E-state index is 13.6. The molecular weight excluding hydrogens is 257 g/mol. The summed E-state index contributed by atoms with van der Waals surface area (Å²) in [6, 6.07) is 5.25. The topological polar surface area (TPSA) is 87.2 Å². The van der Waals surface area contributed by atoms with Crippen LogP contribution in [-0.4, -0.2) is 25.8 Å². The Kier molecular flexibility index (Phi) is 4.64. The molecule has 98 valence electrons. The Hall–Kier alpha value is -1.65. The van der Waals surface area contributed by atoms with Gasteiger partial charge < -0.3 is 5.73 Å². The summed E-state index contributed by atoms with van der Waals surface area (Å²) >= 11 is 0. The second kappa shape index (κ2) is 5.80. The predicted molar refractivity (Wildman–Crippen MR) is 65.5 cm³/mol. The van der Waals surface area contributed by atoms with Gasteiger partial charge >= 0.3 is 0 Å². The Bertz CT molecular complexity index is 566. The molecule has 0 aliphatic rings. The molecule has 0 saturated carbocycles. The molecule has 0 aliphatic heterocycles. The summed E-state index contributed by atoms with van der Waals surface area (Å²) in [4.78, 5) is -0.456. The molecule has 0 spiro atoms. The summed E-state index contributed by atoms with van der Waals surface area (Å²) in [6.07, 6.45) is 0.0526. The fourth-order valence-electron chi connectivity index (χ4n) is 1.48. The van der Waals surface area contributed by atoms with Crippen molar-refractivity contribution in [2.45, 2.75) is 18.2 Å². The van der Waals surface area contributed by atoms with Gasteiger partial charge in [0, 0.05) is 25.2 Å². The fraction of sp³-hybridized carbons (Fsp3) is 0.364. The molecule has 1 aromatic carbocycles. The molecule has 0 unspecified atom stereocenters. The number of rotatable bonds is 5. The van der Waals surface area contributed by atoms with Crippen molar-refractivity contribution in [1.82, 2.24) is 4.31 Å². The average molecular weight is 271 g/mol. The van der Waals surface area contributed by atoms with E-state index in [0.717, 1.165) is 16.4 Å². The van der Waals surface area contributed by atoms with Gasteiger partial charge in [0.1, 0.15) is 10.7 Å². The molecule has 18 heavy (non-hydrogen) atoms. The predicted octanol–water partition coefficient (Wildman–Crippen LogP) is 1.33. The lowest BCUT2D eigenvalue weighted by Gasteiger charge is -2.19. The Morgan fingerprint density at radius 3 is 2.72 bits per heavy atom. The first-order valence-electron chi connectivity index (χ1n) is 5.35. The third kappa shape index (κ3) is 2.97. The van der Waals surface area contributed by atoms with E-state index in [9.17, 15) is 12.8 Å². The number of nitrogen functional groups attached to an aromatic ring is 1. The number of anilines is 1. The van der Waals surface area contributed by atoms with Crippen LogP contribution in [0.5, 0.6) is 0 Å². The van der Waals surface area contributed by atoms with Crippen molar-refractivity contribution in [3.63, 3.8) is 0 Å². The Labute approximate surface area is 106 Å².